The molecule has 7 nitrogen and oxygen atoms in total. The van der Waals surface area contributed by atoms with Gasteiger partial charge >= 0.3 is 0 Å². The number of pyridine rings is 1. The van der Waals surface area contributed by atoms with Gasteiger partial charge in [-0.2, -0.15) is 0 Å². The van der Waals surface area contributed by atoms with Gasteiger partial charge in [-0.25, -0.2) is 0 Å². The van der Waals surface area contributed by atoms with Crippen molar-refractivity contribution in [1.82, 2.24) is 4.57 Å². The number of rotatable bonds is 6. The van der Waals surface area contributed by atoms with Gasteiger partial charge in [0.2, 0.25) is 5.91 Å². The molecule has 24 heavy (non-hydrogen) atoms. The summed E-state index contributed by atoms with van der Waals surface area (Å²) in [7, 11) is 0. The molecule has 1 aromatic heterocycles. The van der Waals surface area contributed by atoms with Crippen molar-refractivity contribution in [1.29, 1.82) is 0 Å². The van der Waals surface area contributed by atoms with Crippen LogP contribution in [0.15, 0.2) is 47.4 Å². The smallest absolute Gasteiger partial charge is 0.285 e. The van der Waals surface area contributed by atoms with Crippen molar-refractivity contribution in [3.05, 3.63) is 68.6 Å². The fraction of sp³-hybridized carbons (Fsp3) is 0.294. The quantitative estimate of drug-likeness (QED) is 0.651. The predicted octanol–water partition coefficient (Wildman–Crippen LogP) is 2.91. The molecular formula is C17H19N3O4. The Bertz CT molecular complexity index is 813. The molecular weight excluding hydrogens is 310 g/mol. The van der Waals surface area contributed by atoms with E-state index in [1.807, 2.05) is 18.2 Å². The number of nitrogens with one attached hydrogen (secondary N) is 1. The summed E-state index contributed by atoms with van der Waals surface area (Å²) in [6.45, 7) is 3.84. The number of anilines is 1. The highest BCUT2D eigenvalue weighted by atomic mass is 16.6. The number of amides is 1. The van der Waals surface area contributed by atoms with Crippen LogP contribution in [0.25, 0.3) is 0 Å². The average molecular weight is 329 g/mol. The fourth-order valence-corrected chi connectivity index (χ4v) is 2.36. The molecule has 1 amide bonds. The SMILES string of the molecule is CC[C@@H](C)c1ccccc1NC(=O)Cn1cc([N+](=O)[O-])ccc1=O. The molecule has 1 aromatic carbocycles. The fourth-order valence-electron chi connectivity index (χ4n) is 2.36. The van der Waals surface area contributed by atoms with E-state index in [0.717, 1.165) is 34.9 Å². The number of carbonyl (C=O) groups is 1. The van der Waals surface area contributed by atoms with Crippen LogP contribution in [0, 0.1) is 10.1 Å². The zero-order valence-corrected chi connectivity index (χ0v) is 13.6. The molecule has 0 saturated carbocycles. The molecule has 2 rings (SSSR count). The zero-order chi connectivity index (χ0) is 17.7. The maximum Gasteiger partial charge on any atom is 0.285 e. The van der Waals surface area contributed by atoms with E-state index in [1.165, 1.54) is 0 Å². The summed E-state index contributed by atoms with van der Waals surface area (Å²) in [5, 5.41) is 13.6. The summed E-state index contributed by atoms with van der Waals surface area (Å²) in [4.78, 5) is 34.2. The first-order chi connectivity index (χ1) is 11.4. The minimum Gasteiger partial charge on any atom is -0.324 e. The minimum atomic E-state index is -0.605. The molecule has 2 aromatic rings. The van der Waals surface area contributed by atoms with Crippen LogP contribution in [0.1, 0.15) is 31.7 Å². The molecule has 126 valence electrons. The highest BCUT2D eigenvalue weighted by Gasteiger charge is 2.13. The first-order valence-corrected chi connectivity index (χ1v) is 7.66. The van der Waals surface area contributed by atoms with E-state index in [2.05, 4.69) is 19.2 Å². The Morgan fingerprint density at radius 2 is 2.00 bits per heavy atom. The molecule has 7 heteroatoms. The minimum absolute atomic E-state index is 0.234. The van der Waals surface area contributed by atoms with Crippen molar-refractivity contribution in [2.24, 2.45) is 0 Å². The summed E-state index contributed by atoms with van der Waals surface area (Å²) in [6, 6.07) is 9.68. The van der Waals surface area contributed by atoms with Crippen LogP contribution in [0.3, 0.4) is 0 Å². The van der Waals surface area contributed by atoms with E-state index in [0.29, 0.717) is 5.69 Å². The van der Waals surface area contributed by atoms with Gasteiger partial charge in [-0.1, -0.05) is 32.0 Å². The number of carbonyl (C=O) groups excluding carboxylic acids is 1. The number of hydrogen-bond acceptors (Lipinski definition) is 4. The average Bonchev–Trinajstić information content (AvgIpc) is 2.56. The van der Waals surface area contributed by atoms with Gasteiger partial charge in [0.15, 0.2) is 0 Å². The Morgan fingerprint density at radius 3 is 2.67 bits per heavy atom. The van der Waals surface area contributed by atoms with E-state index in [1.54, 1.807) is 6.07 Å². The summed E-state index contributed by atoms with van der Waals surface area (Å²) in [6.07, 6.45) is 2.00. The number of nitrogens with zero attached hydrogens (tertiary/aromatic N) is 2. The zero-order valence-electron chi connectivity index (χ0n) is 13.6. The van der Waals surface area contributed by atoms with Crippen LogP contribution in [-0.4, -0.2) is 15.4 Å². The maximum atomic E-state index is 12.2. The van der Waals surface area contributed by atoms with Crippen molar-refractivity contribution in [3.8, 4) is 0 Å². The van der Waals surface area contributed by atoms with Gasteiger partial charge in [0.05, 0.1) is 11.1 Å². The van der Waals surface area contributed by atoms with Gasteiger partial charge < -0.3 is 5.32 Å². The van der Waals surface area contributed by atoms with Crippen molar-refractivity contribution in [3.63, 3.8) is 0 Å². The van der Waals surface area contributed by atoms with Crippen molar-refractivity contribution >= 4 is 17.3 Å². The molecule has 1 N–H and O–H groups in total. The van der Waals surface area contributed by atoms with E-state index in [9.17, 15) is 19.7 Å². The predicted molar refractivity (Wildman–Crippen MR) is 91.1 cm³/mol. The highest BCUT2D eigenvalue weighted by molar-refractivity contribution is 5.91. The molecule has 0 spiro atoms. The number of hydrogen-bond donors (Lipinski definition) is 1. The van der Waals surface area contributed by atoms with E-state index < -0.39 is 16.4 Å². The lowest BCUT2D eigenvalue weighted by Gasteiger charge is -2.15. The Morgan fingerprint density at radius 1 is 1.29 bits per heavy atom. The first-order valence-electron chi connectivity index (χ1n) is 7.66. The normalized spacial score (nSPS) is 11.8. The molecule has 0 bridgehead atoms. The third-order valence-electron chi connectivity index (χ3n) is 3.87. The number of benzene rings is 1. The van der Waals surface area contributed by atoms with Gasteiger partial charge in [-0.05, 0) is 24.0 Å². The van der Waals surface area contributed by atoms with Gasteiger partial charge in [0.1, 0.15) is 6.54 Å². The van der Waals surface area contributed by atoms with Gasteiger partial charge in [-0.3, -0.25) is 24.3 Å². The molecule has 0 aliphatic heterocycles. The highest BCUT2D eigenvalue weighted by Crippen LogP contribution is 2.26. The monoisotopic (exact) mass is 329 g/mol. The Hall–Kier alpha value is -2.96. The Kier molecular flexibility index (Phi) is 5.47. The lowest BCUT2D eigenvalue weighted by atomic mass is 9.97. The number of aromatic nitrogens is 1. The third-order valence-corrected chi connectivity index (χ3v) is 3.87. The summed E-state index contributed by atoms with van der Waals surface area (Å²) in [5.41, 5.74) is 1.00. The second kappa shape index (κ2) is 7.54. The van der Waals surface area contributed by atoms with Gasteiger partial charge in [-0.15, -0.1) is 0 Å². The summed E-state index contributed by atoms with van der Waals surface area (Å²) in [5.74, 6) is -0.129. The molecule has 0 fully saturated rings. The van der Waals surface area contributed by atoms with Crippen molar-refractivity contribution in [2.75, 3.05) is 5.32 Å². The number of nitro groups is 1. The molecule has 0 saturated heterocycles. The van der Waals surface area contributed by atoms with Crippen LogP contribution in [0.4, 0.5) is 11.4 Å². The van der Waals surface area contributed by atoms with Crippen LogP contribution < -0.4 is 10.9 Å². The Balaban J connectivity index is 2.19. The molecule has 0 unspecified atom stereocenters. The molecule has 0 radical (unpaired) electrons. The van der Waals surface area contributed by atoms with E-state index in [-0.39, 0.29) is 18.2 Å². The van der Waals surface area contributed by atoms with Crippen LogP contribution in [-0.2, 0) is 11.3 Å². The maximum absolute atomic E-state index is 12.2. The largest absolute Gasteiger partial charge is 0.324 e. The van der Waals surface area contributed by atoms with E-state index in [4.69, 9.17) is 0 Å². The summed E-state index contributed by atoms with van der Waals surface area (Å²) >= 11 is 0. The van der Waals surface area contributed by atoms with Crippen molar-refractivity contribution in [2.45, 2.75) is 32.7 Å². The topological polar surface area (TPSA) is 94.2 Å². The molecule has 1 heterocycles. The summed E-state index contributed by atoms with van der Waals surface area (Å²) < 4.78 is 1.03. The number of para-hydroxylation sites is 1. The van der Waals surface area contributed by atoms with Crippen molar-refractivity contribution < 1.29 is 9.72 Å². The van der Waals surface area contributed by atoms with Crippen LogP contribution in [0.5, 0.6) is 0 Å². The standard InChI is InChI=1S/C17H19N3O4/c1-3-12(2)14-6-4-5-7-15(14)18-16(21)11-19-10-13(20(23)24)8-9-17(19)22/h4-10,12H,3,11H2,1-2H3,(H,18,21)/t12-/m1/s1. The third kappa shape index (κ3) is 4.07. The molecule has 0 aliphatic rings. The second-order valence-electron chi connectivity index (χ2n) is 5.56. The van der Waals surface area contributed by atoms with Gasteiger partial charge in [0.25, 0.3) is 11.2 Å². The van der Waals surface area contributed by atoms with Crippen LogP contribution in [0.2, 0.25) is 0 Å². The van der Waals surface area contributed by atoms with Gasteiger partial charge in [0, 0.05) is 17.8 Å². The van der Waals surface area contributed by atoms with E-state index >= 15 is 0 Å². The lowest BCUT2D eigenvalue weighted by Crippen LogP contribution is -2.27. The second-order valence-corrected chi connectivity index (χ2v) is 5.56. The molecule has 1 atom stereocenters. The first kappa shape index (κ1) is 17.4. The van der Waals surface area contributed by atoms with Crippen LogP contribution >= 0.6 is 0 Å². The Labute approximate surface area is 139 Å². The lowest BCUT2D eigenvalue weighted by molar-refractivity contribution is -0.385. The molecule has 0 aliphatic carbocycles.